The highest BCUT2D eigenvalue weighted by atomic mass is 79.9. The molecule has 1 atom stereocenters. The van der Waals surface area contributed by atoms with Crippen LogP contribution in [0.15, 0.2) is 22.7 Å². The third-order valence-corrected chi connectivity index (χ3v) is 2.89. The van der Waals surface area contributed by atoms with E-state index in [-0.39, 0.29) is 18.9 Å². The molecule has 0 heterocycles. The second kappa shape index (κ2) is 7.10. The molecule has 0 radical (unpaired) electrons. The van der Waals surface area contributed by atoms with Crippen LogP contribution in [0.5, 0.6) is 5.75 Å². The van der Waals surface area contributed by atoms with Crippen LogP contribution in [0, 0.1) is 0 Å². The van der Waals surface area contributed by atoms with Gasteiger partial charge in [-0.05, 0) is 18.2 Å². The lowest BCUT2D eigenvalue weighted by molar-refractivity contribution is -0.146. The number of carboxylic acid groups (broad SMARTS) is 1. The number of carbonyl (C=O) groups excluding carboxylic acids is 1. The predicted molar refractivity (Wildman–Crippen MR) is 71.3 cm³/mol. The fourth-order valence-corrected chi connectivity index (χ4v) is 1.73. The molecule has 0 fully saturated rings. The van der Waals surface area contributed by atoms with Gasteiger partial charge in [0.2, 0.25) is 0 Å². The maximum atomic E-state index is 11.9. The molecule has 6 nitrogen and oxygen atoms in total. The van der Waals surface area contributed by atoms with Crippen LogP contribution in [-0.4, -0.2) is 41.8 Å². The Bertz CT molecular complexity index is 477. The van der Waals surface area contributed by atoms with Gasteiger partial charge >= 0.3 is 5.97 Å². The first-order valence-electron chi connectivity index (χ1n) is 5.48. The van der Waals surface area contributed by atoms with Gasteiger partial charge < -0.3 is 20.3 Å². The number of ether oxygens (including phenoxy) is 1. The number of halogens is 1. The number of aliphatic hydroxyl groups is 1. The highest BCUT2D eigenvalue weighted by Gasteiger charge is 2.15. The largest absolute Gasteiger partial charge is 0.496 e. The number of nitrogens with one attached hydrogen (secondary N) is 1. The molecule has 0 aromatic heterocycles. The van der Waals surface area contributed by atoms with Gasteiger partial charge in [-0.1, -0.05) is 15.9 Å². The molecule has 19 heavy (non-hydrogen) atoms. The van der Waals surface area contributed by atoms with Gasteiger partial charge in [-0.2, -0.15) is 0 Å². The lowest BCUT2D eigenvalue weighted by atomic mass is 10.2. The Morgan fingerprint density at radius 1 is 1.47 bits per heavy atom. The predicted octanol–water partition coefficient (Wildman–Crippen LogP) is 1.02. The second-order valence-corrected chi connectivity index (χ2v) is 4.66. The average molecular weight is 332 g/mol. The van der Waals surface area contributed by atoms with Crippen molar-refractivity contribution in [1.29, 1.82) is 0 Å². The van der Waals surface area contributed by atoms with E-state index in [9.17, 15) is 9.59 Å². The highest BCUT2D eigenvalue weighted by Crippen LogP contribution is 2.23. The highest BCUT2D eigenvalue weighted by molar-refractivity contribution is 9.10. The summed E-state index contributed by atoms with van der Waals surface area (Å²) in [5, 5.41) is 20.1. The van der Waals surface area contributed by atoms with E-state index >= 15 is 0 Å². The molecular formula is C12H14BrNO5. The summed E-state index contributed by atoms with van der Waals surface area (Å²) in [4.78, 5) is 22.2. The summed E-state index contributed by atoms with van der Waals surface area (Å²) in [5.41, 5.74) is 0.343. The van der Waals surface area contributed by atoms with Crippen molar-refractivity contribution >= 4 is 27.8 Å². The fourth-order valence-electron chi connectivity index (χ4n) is 1.39. The number of methoxy groups -OCH3 is 1. The van der Waals surface area contributed by atoms with Gasteiger partial charge in [0.25, 0.3) is 5.91 Å². The van der Waals surface area contributed by atoms with E-state index in [1.165, 1.54) is 7.11 Å². The minimum Gasteiger partial charge on any atom is -0.496 e. The van der Waals surface area contributed by atoms with Crippen LogP contribution < -0.4 is 10.1 Å². The van der Waals surface area contributed by atoms with Crippen molar-refractivity contribution in [2.24, 2.45) is 0 Å². The average Bonchev–Trinajstić information content (AvgIpc) is 2.37. The molecule has 104 valence electrons. The van der Waals surface area contributed by atoms with Gasteiger partial charge in [0, 0.05) is 17.4 Å². The third kappa shape index (κ3) is 4.53. The number of hydrogen-bond donors (Lipinski definition) is 3. The summed E-state index contributed by atoms with van der Waals surface area (Å²) in [6.45, 7) is 0.0610. The molecule has 1 unspecified atom stereocenters. The zero-order chi connectivity index (χ0) is 14.4. The van der Waals surface area contributed by atoms with Crippen LogP contribution in [0.1, 0.15) is 16.8 Å². The Morgan fingerprint density at radius 2 is 2.16 bits per heavy atom. The number of carboxylic acids is 1. The number of aliphatic hydroxyl groups excluding tert-OH is 1. The van der Waals surface area contributed by atoms with Crippen LogP contribution in [0.25, 0.3) is 0 Å². The van der Waals surface area contributed by atoms with E-state index < -0.39 is 12.1 Å². The van der Waals surface area contributed by atoms with E-state index in [0.717, 1.165) is 4.47 Å². The van der Waals surface area contributed by atoms with Gasteiger partial charge in [-0.25, -0.2) is 4.79 Å². The number of aliphatic carboxylic acids is 1. The molecule has 0 saturated heterocycles. The molecule has 1 aromatic carbocycles. The Hall–Kier alpha value is -1.60. The molecular weight excluding hydrogens is 318 g/mol. The van der Waals surface area contributed by atoms with E-state index in [0.29, 0.717) is 11.3 Å². The Kier molecular flexibility index (Phi) is 5.78. The zero-order valence-electron chi connectivity index (χ0n) is 10.2. The molecule has 0 spiro atoms. The molecule has 7 heteroatoms. The molecule has 1 amide bonds. The van der Waals surface area contributed by atoms with E-state index in [1.807, 2.05) is 0 Å². The van der Waals surface area contributed by atoms with Crippen LogP contribution in [0.2, 0.25) is 0 Å². The Balaban J connectivity index is 2.61. The van der Waals surface area contributed by atoms with Crippen molar-refractivity contribution in [3.8, 4) is 5.75 Å². The quantitative estimate of drug-likeness (QED) is 0.723. The van der Waals surface area contributed by atoms with Crippen LogP contribution in [0.4, 0.5) is 0 Å². The first-order chi connectivity index (χ1) is 8.95. The minimum absolute atomic E-state index is 0.0556. The van der Waals surface area contributed by atoms with Crippen molar-refractivity contribution in [3.63, 3.8) is 0 Å². The van der Waals surface area contributed by atoms with E-state index in [4.69, 9.17) is 14.9 Å². The van der Waals surface area contributed by atoms with Crippen molar-refractivity contribution in [3.05, 3.63) is 28.2 Å². The van der Waals surface area contributed by atoms with Gasteiger partial charge in [-0.15, -0.1) is 0 Å². The molecule has 1 rings (SSSR count). The minimum atomic E-state index is -1.48. The first-order valence-corrected chi connectivity index (χ1v) is 6.27. The lowest BCUT2D eigenvalue weighted by Gasteiger charge is -2.10. The molecule has 3 N–H and O–H groups in total. The number of hydrogen-bond acceptors (Lipinski definition) is 4. The molecule has 1 aromatic rings. The first kappa shape index (κ1) is 15.5. The van der Waals surface area contributed by atoms with Crippen molar-refractivity contribution in [2.45, 2.75) is 12.5 Å². The standard InChI is InChI=1S/C12H14BrNO5/c1-19-10-6-7(13)2-3-8(10)11(16)14-5-4-9(15)12(17)18/h2-3,6,9,15H,4-5H2,1H3,(H,14,16)(H,17,18). The summed E-state index contributed by atoms with van der Waals surface area (Å²) >= 11 is 3.26. The molecule has 0 bridgehead atoms. The second-order valence-electron chi connectivity index (χ2n) is 3.74. The summed E-state index contributed by atoms with van der Waals surface area (Å²) in [7, 11) is 1.45. The molecule has 0 aliphatic rings. The third-order valence-electron chi connectivity index (χ3n) is 2.40. The Morgan fingerprint density at radius 3 is 2.74 bits per heavy atom. The fraction of sp³-hybridized carbons (Fsp3) is 0.333. The lowest BCUT2D eigenvalue weighted by Crippen LogP contribution is -2.30. The number of amides is 1. The van der Waals surface area contributed by atoms with Crippen molar-refractivity contribution < 1.29 is 24.5 Å². The zero-order valence-corrected chi connectivity index (χ0v) is 11.8. The molecule has 0 aliphatic heterocycles. The topological polar surface area (TPSA) is 95.9 Å². The summed E-state index contributed by atoms with van der Waals surface area (Å²) in [5.74, 6) is -1.29. The van der Waals surface area contributed by atoms with Crippen molar-refractivity contribution in [1.82, 2.24) is 5.32 Å². The van der Waals surface area contributed by atoms with Crippen molar-refractivity contribution in [2.75, 3.05) is 13.7 Å². The Labute approximate surface area is 118 Å². The number of rotatable bonds is 6. The molecule has 0 saturated carbocycles. The van der Waals surface area contributed by atoms with Gasteiger partial charge in [-0.3, -0.25) is 4.79 Å². The van der Waals surface area contributed by atoms with Crippen LogP contribution in [0.3, 0.4) is 0 Å². The summed E-state index contributed by atoms with van der Waals surface area (Å²) < 4.78 is 5.86. The maximum Gasteiger partial charge on any atom is 0.332 e. The van der Waals surface area contributed by atoms with Gasteiger partial charge in [0.1, 0.15) is 5.75 Å². The van der Waals surface area contributed by atoms with Crippen LogP contribution in [-0.2, 0) is 4.79 Å². The van der Waals surface area contributed by atoms with E-state index in [2.05, 4.69) is 21.2 Å². The summed E-state index contributed by atoms with van der Waals surface area (Å²) in [6.07, 6.45) is -1.54. The van der Waals surface area contributed by atoms with Gasteiger partial charge in [0.05, 0.1) is 12.7 Å². The number of benzene rings is 1. The van der Waals surface area contributed by atoms with Gasteiger partial charge in [0.15, 0.2) is 6.10 Å². The monoisotopic (exact) mass is 331 g/mol. The normalized spacial score (nSPS) is 11.7. The van der Waals surface area contributed by atoms with E-state index in [1.54, 1.807) is 18.2 Å². The SMILES string of the molecule is COc1cc(Br)ccc1C(=O)NCCC(O)C(=O)O. The summed E-state index contributed by atoms with van der Waals surface area (Å²) in [6, 6.07) is 4.94. The number of carbonyl (C=O) groups is 2. The maximum absolute atomic E-state index is 11.9. The smallest absolute Gasteiger partial charge is 0.332 e. The molecule has 0 aliphatic carbocycles. The van der Waals surface area contributed by atoms with Crippen LogP contribution >= 0.6 is 15.9 Å².